The number of carbonyl (C=O) groups excluding carboxylic acids is 1. The van der Waals surface area contributed by atoms with Crippen molar-refractivity contribution in [1.29, 1.82) is 0 Å². The van der Waals surface area contributed by atoms with Crippen LogP contribution >= 0.6 is 0 Å². The highest BCUT2D eigenvalue weighted by Gasteiger charge is 2.36. The molecule has 1 aromatic carbocycles. The number of imidazole rings is 1. The predicted molar refractivity (Wildman–Crippen MR) is 81.1 cm³/mol. The summed E-state index contributed by atoms with van der Waals surface area (Å²) in [4.78, 5) is 22.8. The van der Waals surface area contributed by atoms with E-state index >= 15 is 0 Å². The maximum atomic E-state index is 13.7. The Morgan fingerprint density at radius 3 is 2.96 bits per heavy atom. The number of aromatic nitrogens is 4. The number of benzene rings is 1. The third kappa shape index (κ3) is 2.03. The molecule has 2 aromatic heterocycles. The SMILES string of the molecule is CCc1noc(C2c3cncn3-c3ccc(F)cc3C(=O)N2C)n1. The normalized spacial score (nSPS) is 16.7. The number of hydrogen-bond acceptors (Lipinski definition) is 5. The summed E-state index contributed by atoms with van der Waals surface area (Å²) in [5, 5.41) is 3.91. The molecule has 122 valence electrons. The fourth-order valence-corrected chi connectivity index (χ4v) is 2.92. The van der Waals surface area contributed by atoms with Crippen LogP contribution in [0.5, 0.6) is 0 Å². The lowest BCUT2D eigenvalue weighted by Gasteiger charge is -2.22. The van der Waals surface area contributed by atoms with Crippen LogP contribution in [0.3, 0.4) is 0 Å². The van der Waals surface area contributed by atoms with Gasteiger partial charge in [0, 0.05) is 13.5 Å². The molecule has 1 amide bonds. The van der Waals surface area contributed by atoms with E-state index < -0.39 is 11.9 Å². The van der Waals surface area contributed by atoms with Gasteiger partial charge >= 0.3 is 0 Å². The first-order valence-corrected chi connectivity index (χ1v) is 7.52. The fourth-order valence-electron chi connectivity index (χ4n) is 2.92. The molecule has 0 fully saturated rings. The first-order chi connectivity index (χ1) is 11.6. The minimum atomic E-state index is -0.594. The lowest BCUT2D eigenvalue weighted by molar-refractivity contribution is 0.0734. The summed E-state index contributed by atoms with van der Waals surface area (Å²) in [6.45, 7) is 1.92. The van der Waals surface area contributed by atoms with E-state index in [9.17, 15) is 9.18 Å². The van der Waals surface area contributed by atoms with Gasteiger partial charge in [0.15, 0.2) is 11.9 Å². The highest BCUT2D eigenvalue weighted by atomic mass is 19.1. The van der Waals surface area contributed by atoms with Gasteiger partial charge in [0.2, 0.25) is 0 Å². The van der Waals surface area contributed by atoms with E-state index in [1.165, 1.54) is 17.0 Å². The molecule has 1 aliphatic rings. The summed E-state index contributed by atoms with van der Waals surface area (Å²) < 4.78 is 20.8. The van der Waals surface area contributed by atoms with Crippen molar-refractivity contribution < 1.29 is 13.7 Å². The van der Waals surface area contributed by atoms with Gasteiger partial charge < -0.3 is 9.42 Å². The van der Waals surface area contributed by atoms with Gasteiger partial charge in [-0.15, -0.1) is 0 Å². The molecule has 0 N–H and O–H groups in total. The minimum Gasteiger partial charge on any atom is -0.337 e. The summed E-state index contributed by atoms with van der Waals surface area (Å²) in [6.07, 6.45) is 3.85. The van der Waals surface area contributed by atoms with E-state index in [-0.39, 0.29) is 11.5 Å². The van der Waals surface area contributed by atoms with Crippen LogP contribution in [0.25, 0.3) is 5.69 Å². The van der Waals surface area contributed by atoms with Crippen LogP contribution in [-0.4, -0.2) is 37.5 Å². The number of rotatable bonds is 2. The Morgan fingerprint density at radius 2 is 2.21 bits per heavy atom. The van der Waals surface area contributed by atoms with Crippen molar-refractivity contribution in [2.24, 2.45) is 0 Å². The van der Waals surface area contributed by atoms with Crippen LogP contribution in [0.1, 0.15) is 40.7 Å². The first kappa shape index (κ1) is 14.6. The van der Waals surface area contributed by atoms with Crippen molar-refractivity contribution in [2.45, 2.75) is 19.4 Å². The Balaban J connectivity index is 1.94. The molecule has 0 bridgehead atoms. The molecule has 0 spiro atoms. The minimum absolute atomic E-state index is 0.259. The Morgan fingerprint density at radius 1 is 1.38 bits per heavy atom. The smallest absolute Gasteiger partial charge is 0.256 e. The Kier molecular flexibility index (Phi) is 3.19. The quantitative estimate of drug-likeness (QED) is 0.720. The number of fused-ring (bicyclic) bond motifs is 3. The lowest BCUT2D eigenvalue weighted by atomic mass is 10.1. The molecule has 1 aliphatic heterocycles. The fraction of sp³-hybridized carbons (Fsp3) is 0.250. The third-order valence-corrected chi connectivity index (χ3v) is 4.14. The number of amides is 1. The van der Waals surface area contributed by atoms with Gasteiger partial charge in [-0.3, -0.25) is 9.36 Å². The molecule has 7 nitrogen and oxygen atoms in total. The Labute approximate surface area is 136 Å². The molecule has 0 saturated heterocycles. The monoisotopic (exact) mass is 327 g/mol. The van der Waals surface area contributed by atoms with Crippen LogP contribution in [0.15, 0.2) is 35.2 Å². The average Bonchev–Trinajstić information content (AvgIpc) is 3.22. The highest BCUT2D eigenvalue weighted by Crippen LogP contribution is 2.34. The Hall–Kier alpha value is -3.03. The molecule has 0 saturated carbocycles. The van der Waals surface area contributed by atoms with Crippen molar-refractivity contribution in [1.82, 2.24) is 24.6 Å². The topological polar surface area (TPSA) is 77.0 Å². The second-order valence-electron chi connectivity index (χ2n) is 5.57. The van der Waals surface area contributed by atoms with Crippen molar-refractivity contribution in [2.75, 3.05) is 7.05 Å². The van der Waals surface area contributed by atoms with Gasteiger partial charge in [0.05, 0.1) is 29.5 Å². The molecular weight excluding hydrogens is 313 g/mol. The molecular formula is C16H14FN5O2. The largest absolute Gasteiger partial charge is 0.337 e. The molecule has 24 heavy (non-hydrogen) atoms. The Bertz CT molecular complexity index is 932. The lowest BCUT2D eigenvalue weighted by Crippen LogP contribution is -2.31. The molecule has 4 rings (SSSR count). The van der Waals surface area contributed by atoms with Crippen molar-refractivity contribution in [3.8, 4) is 5.69 Å². The highest BCUT2D eigenvalue weighted by molar-refractivity contribution is 5.98. The van der Waals surface area contributed by atoms with Gasteiger partial charge in [-0.1, -0.05) is 12.1 Å². The van der Waals surface area contributed by atoms with E-state index in [4.69, 9.17) is 4.52 Å². The van der Waals surface area contributed by atoms with E-state index in [0.29, 0.717) is 29.5 Å². The van der Waals surface area contributed by atoms with E-state index in [1.54, 1.807) is 30.2 Å². The maximum Gasteiger partial charge on any atom is 0.256 e. The molecule has 3 heterocycles. The van der Waals surface area contributed by atoms with Gasteiger partial charge in [-0.25, -0.2) is 9.37 Å². The van der Waals surface area contributed by atoms with Crippen LogP contribution < -0.4 is 0 Å². The van der Waals surface area contributed by atoms with Crippen LogP contribution in [0.4, 0.5) is 4.39 Å². The molecule has 0 aliphatic carbocycles. The van der Waals surface area contributed by atoms with Crippen molar-refractivity contribution in [3.63, 3.8) is 0 Å². The molecule has 8 heteroatoms. The summed E-state index contributed by atoms with van der Waals surface area (Å²) in [5.74, 6) is 0.0681. The average molecular weight is 327 g/mol. The standard InChI is InChI=1S/C16H14FN5O2/c1-3-13-19-15(24-20-13)14-12-7-18-8-22(12)11-5-4-9(17)6-10(11)16(23)21(14)2/h4-8,14H,3H2,1-2H3. The van der Waals surface area contributed by atoms with Gasteiger partial charge in [-0.2, -0.15) is 4.98 Å². The van der Waals surface area contributed by atoms with Gasteiger partial charge in [0.1, 0.15) is 5.82 Å². The number of hydrogen-bond donors (Lipinski definition) is 0. The van der Waals surface area contributed by atoms with E-state index in [1.807, 2.05) is 6.92 Å². The number of carbonyl (C=O) groups is 1. The molecule has 1 unspecified atom stereocenters. The summed E-state index contributed by atoms with van der Waals surface area (Å²) in [5.41, 5.74) is 1.52. The van der Waals surface area contributed by atoms with Crippen LogP contribution in [0, 0.1) is 5.82 Å². The second-order valence-corrected chi connectivity index (χ2v) is 5.57. The number of aryl methyl sites for hydroxylation is 1. The van der Waals surface area contributed by atoms with Crippen molar-refractivity contribution >= 4 is 5.91 Å². The van der Waals surface area contributed by atoms with Crippen LogP contribution in [-0.2, 0) is 6.42 Å². The summed E-state index contributed by atoms with van der Waals surface area (Å²) in [6, 6.07) is 3.52. The number of nitrogens with zero attached hydrogens (tertiary/aromatic N) is 5. The van der Waals surface area contributed by atoms with E-state index in [2.05, 4.69) is 15.1 Å². The third-order valence-electron chi connectivity index (χ3n) is 4.14. The maximum absolute atomic E-state index is 13.7. The zero-order valence-corrected chi connectivity index (χ0v) is 13.1. The van der Waals surface area contributed by atoms with Gasteiger partial charge in [0.25, 0.3) is 11.8 Å². The predicted octanol–water partition coefficient (Wildman–Crippen LogP) is 2.13. The van der Waals surface area contributed by atoms with Crippen molar-refractivity contribution in [3.05, 3.63) is 59.5 Å². The zero-order valence-electron chi connectivity index (χ0n) is 13.1. The summed E-state index contributed by atoms with van der Waals surface area (Å²) >= 11 is 0. The van der Waals surface area contributed by atoms with E-state index in [0.717, 1.165) is 0 Å². The molecule has 1 atom stereocenters. The first-order valence-electron chi connectivity index (χ1n) is 7.52. The second kappa shape index (κ2) is 5.26. The molecule has 3 aromatic rings. The van der Waals surface area contributed by atoms with Gasteiger partial charge in [-0.05, 0) is 18.2 Å². The summed E-state index contributed by atoms with van der Waals surface area (Å²) in [7, 11) is 1.63. The van der Waals surface area contributed by atoms with Crippen LogP contribution in [0.2, 0.25) is 0 Å². The number of halogens is 1. The molecule has 0 radical (unpaired) electrons. The zero-order chi connectivity index (χ0) is 16.8.